The van der Waals surface area contributed by atoms with Crippen LogP contribution in [0.25, 0.3) is 0 Å². The van der Waals surface area contributed by atoms with Gasteiger partial charge in [-0.2, -0.15) is 0 Å². The van der Waals surface area contributed by atoms with E-state index in [9.17, 15) is 19.2 Å². The Labute approximate surface area is 524 Å². The van der Waals surface area contributed by atoms with Gasteiger partial charge >= 0.3 is 11.9 Å². The van der Waals surface area contributed by atoms with E-state index in [1.54, 1.807) is 0 Å². The molecule has 0 aliphatic carbocycles. The number of amides is 2. The van der Waals surface area contributed by atoms with Crippen LogP contribution in [-0.2, 0) is 28.7 Å². The van der Waals surface area contributed by atoms with Crippen molar-refractivity contribution < 1.29 is 28.7 Å². The molecule has 0 unspecified atom stereocenters. The smallest absolute Gasteiger partial charge is 0.317 e. The summed E-state index contributed by atoms with van der Waals surface area (Å²) in [5, 5.41) is 6.11. The quantitative estimate of drug-likeness (QED) is 0.0343. The lowest BCUT2D eigenvalue weighted by Crippen LogP contribution is -2.44. The first-order valence-corrected chi connectivity index (χ1v) is 35.4. The first kappa shape index (κ1) is 82.5. The summed E-state index contributed by atoms with van der Waals surface area (Å²) in [6.07, 6.45) is 14.7. The SMILES string of the molecule is CCCN(CCC)CCN(CCC)CCN(CCC)CCN(CCC)CCN(CCC)CCNC(=O)CCCOC(=O)CC(=O)OCCCC(=O)NCCN(CCC)CCN(CCC)CCN(CCC)CCN(CCC)CCN(CCC)CCC. The molecule has 2 amide bonds. The number of rotatable bonds is 64. The summed E-state index contributed by atoms with van der Waals surface area (Å²) in [6, 6.07) is 0. The van der Waals surface area contributed by atoms with Crippen LogP contribution in [0.4, 0.5) is 0 Å². The minimum atomic E-state index is -0.677. The second-order valence-electron chi connectivity index (χ2n) is 23.9. The number of hydrogen-bond donors (Lipinski definition) is 2. The van der Waals surface area contributed by atoms with Gasteiger partial charge in [0.05, 0.1) is 13.2 Å². The van der Waals surface area contributed by atoms with Crippen molar-refractivity contribution in [2.75, 3.05) is 223 Å². The minimum Gasteiger partial charge on any atom is -0.465 e. The van der Waals surface area contributed by atoms with Crippen molar-refractivity contribution in [3.05, 3.63) is 0 Å². The van der Waals surface area contributed by atoms with Crippen molar-refractivity contribution in [3.8, 4) is 0 Å². The molecule has 0 radical (unpaired) electrons. The van der Waals surface area contributed by atoms with E-state index in [0.29, 0.717) is 25.9 Å². The molecule has 0 rings (SSSR count). The highest BCUT2D eigenvalue weighted by Gasteiger charge is 2.18. The zero-order chi connectivity index (χ0) is 63.0. The molecule has 0 aliphatic heterocycles. The molecule has 0 aromatic rings. The Morgan fingerprint density at radius 3 is 0.588 bits per heavy atom. The van der Waals surface area contributed by atoms with Crippen LogP contribution in [0.1, 0.15) is 192 Å². The minimum absolute atomic E-state index is 0.0548. The van der Waals surface area contributed by atoms with Gasteiger partial charge in [0.1, 0.15) is 6.42 Å². The molecule has 0 bridgehead atoms. The standard InChI is InChI=1S/C67H140N12O6/c1-13-31-70(32-14-2)45-49-74(37-19-7)53-57-78(41-23-11)59-55-76(39-21-9)51-47-72(35-17-5)43-29-68-64(80)27-25-61-84-66(82)63-67(83)85-62-26-28-65(81)69-30-44-73(36-18-6)48-52-77(40-22-10)56-60-79(42-24-12)58-54-75(38-20-8)50-46-71(33-15-3)34-16-4/h13-63H2,1-12H3,(H,68,80)(H,69,81). The van der Waals surface area contributed by atoms with E-state index in [1.165, 1.54) is 77.5 Å². The van der Waals surface area contributed by atoms with Crippen LogP contribution in [0.5, 0.6) is 0 Å². The third-order valence-electron chi connectivity index (χ3n) is 15.7. The Morgan fingerprint density at radius 2 is 0.412 bits per heavy atom. The fraction of sp³-hybridized carbons (Fsp3) is 0.940. The summed E-state index contributed by atoms with van der Waals surface area (Å²) in [5.74, 6) is -1.50. The largest absolute Gasteiger partial charge is 0.465 e. The highest BCUT2D eigenvalue weighted by Crippen LogP contribution is 2.06. The van der Waals surface area contributed by atoms with Crippen LogP contribution >= 0.6 is 0 Å². The van der Waals surface area contributed by atoms with Crippen molar-refractivity contribution in [1.82, 2.24) is 59.6 Å². The van der Waals surface area contributed by atoms with Gasteiger partial charge in [0.15, 0.2) is 0 Å². The van der Waals surface area contributed by atoms with Crippen molar-refractivity contribution in [3.63, 3.8) is 0 Å². The second-order valence-corrected chi connectivity index (χ2v) is 23.9. The van der Waals surface area contributed by atoms with Gasteiger partial charge in [0, 0.05) is 144 Å². The van der Waals surface area contributed by atoms with Crippen molar-refractivity contribution in [1.29, 1.82) is 0 Å². The average Bonchev–Trinajstić information content (AvgIpc) is 3.52. The third-order valence-corrected chi connectivity index (χ3v) is 15.7. The Morgan fingerprint density at radius 1 is 0.247 bits per heavy atom. The van der Waals surface area contributed by atoms with Crippen molar-refractivity contribution in [2.24, 2.45) is 0 Å². The Balaban J connectivity index is 4.63. The molecule has 0 saturated carbocycles. The number of carbonyl (C=O) groups excluding carboxylic acids is 4. The van der Waals surface area contributed by atoms with Crippen LogP contribution < -0.4 is 10.6 Å². The first-order chi connectivity index (χ1) is 41.3. The van der Waals surface area contributed by atoms with Gasteiger partial charge in [0.25, 0.3) is 0 Å². The van der Waals surface area contributed by atoms with E-state index in [-0.39, 0.29) is 37.9 Å². The second kappa shape index (κ2) is 59.1. The van der Waals surface area contributed by atoms with Crippen molar-refractivity contribution >= 4 is 23.8 Å². The average molecular weight is 1210 g/mol. The van der Waals surface area contributed by atoms with Gasteiger partial charge in [-0.05, 0) is 168 Å². The molecule has 0 aliphatic rings. The number of nitrogens with one attached hydrogen (secondary N) is 2. The maximum absolute atomic E-state index is 12.7. The third kappa shape index (κ3) is 48.1. The Bertz CT molecular complexity index is 1420. The van der Waals surface area contributed by atoms with Crippen LogP contribution in [0.3, 0.4) is 0 Å². The van der Waals surface area contributed by atoms with E-state index in [0.717, 1.165) is 196 Å². The molecular weight excluding hydrogens is 1070 g/mol. The maximum atomic E-state index is 12.7. The first-order valence-electron chi connectivity index (χ1n) is 35.4. The number of hydrogen-bond acceptors (Lipinski definition) is 16. The lowest BCUT2D eigenvalue weighted by Gasteiger charge is -2.32. The highest BCUT2D eigenvalue weighted by molar-refractivity contribution is 5.91. The van der Waals surface area contributed by atoms with E-state index in [4.69, 9.17) is 9.47 Å². The number of ether oxygens (including phenoxy) is 2. The summed E-state index contributed by atoms with van der Waals surface area (Å²) in [5.41, 5.74) is 0. The monoisotopic (exact) mass is 1210 g/mol. The Hall–Kier alpha value is -2.52. The molecule has 0 saturated heterocycles. The normalized spacial score (nSPS) is 12.1. The van der Waals surface area contributed by atoms with E-state index < -0.39 is 18.4 Å². The van der Waals surface area contributed by atoms with Gasteiger partial charge in [-0.15, -0.1) is 0 Å². The van der Waals surface area contributed by atoms with Gasteiger partial charge in [-0.3, -0.25) is 19.2 Å². The summed E-state index contributed by atoms with van der Waals surface area (Å²) >= 11 is 0. The predicted octanol–water partition coefficient (Wildman–Crippen LogP) is 8.20. The van der Waals surface area contributed by atoms with E-state index >= 15 is 0 Å². The van der Waals surface area contributed by atoms with Crippen LogP contribution in [0.15, 0.2) is 0 Å². The lowest BCUT2D eigenvalue weighted by atomic mass is 10.3. The Kier molecular flexibility index (Phi) is 57.4. The maximum Gasteiger partial charge on any atom is 0.317 e. The topological polar surface area (TPSA) is 143 Å². The molecule has 0 spiro atoms. The summed E-state index contributed by atoms with van der Waals surface area (Å²) in [4.78, 5) is 76.3. The molecule has 0 fully saturated rings. The fourth-order valence-electron chi connectivity index (χ4n) is 11.4. The van der Waals surface area contributed by atoms with Gasteiger partial charge in [0.2, 0.25) is 11.8 Å². The molecule has 2 N–H and O–H groups in total. The van der Waals surface area contributed by atoms with Gasteiger partial charge < -0.3 is 69.1 Å². The zero-order valence-corrected chi connectivity index (χ0v) is 58.0. The molecule has 0 aromatic carbocycles. The summed E-state index contributed by atoms with van der Waals surface area (Å²) in [7, 11) is 0. The van der Waals surface area contributed by atoms with E-state index in [2.05, 4.69) is 143 Å². The summed E-state index contributed by atoms with van der Waals surface area (Å²) in [6.45, 7) is 61.0. The number of nitrogens with zero attached hydrogens (tertiary/aromatic N) is 10. The number of carbonyl (C=O) groups is 4. The molecule has 0 heterocycles. The lowest BCUT2D eigenvalue weighted by molar-refractivity contribution is -0.155. The molecule has 0 aromatic heterocycles. The van der Waals surface area contributed by atoms with Gasteiger partial charge in [-0.1, -0.05) is 83.1 Å². The van der Waals surface area contributed by atoms with Crippen LogP contribution in [-0.4, -0.2) is 295 Å². The molecule has 504 valence electrons. The van der Waals surface area contributed by atoms with Crippen LogP contribution in [0.2, 0.25) is 0 Å². The zero-order valence-electron chi connectivity index (χ0n) is 58.0. The fourth-order valence-corrected chi connectivity index (χ4v) is 11.4. The summed E-state index contributed by atoms with van der Waals surface area (Å²) < 4.78 is 10.5. The van der Waals surface area contributed by atoms with Crippen molar-refractivity contribution in [2.45, 2.75) is 192 Å². The van der Waals surface area contributed by atoms with E-state index in [1.807, 2.05) is 0 Å². The predicted molar refractivity (Wildman–Crippen MR) is 359 cm³/mol. The molecule has 85 heavy (non-hydrogen) atoms. The molecular formula is C67H140N12O6. The van der Waals surface area contributed by atoms with Gasteiger partial charge in [-0.25, -0.2) is 0 Å². The molecule has 18 nitrogen and oxygen atoms in total. The molecule has 0 atom stereocenters. The highest BCUT2D eigenvalue weighted by atomic mass is 16.6. The molecule has 18 heteroatoms. The van der Waals surface area contributed by atoms with Crippen LogP contribution in [0, 0.1) is 0 Å². The number of esters is 2.